The second-order valence-corrected chi connectivity index (χ2v) is 5.42. The third-order valence-corrected chi connectivity index (χ3v) is 3.68. The van der Waals surface area contributed by atoms with Crippen LogP contribution in [0.4, 0.5) is 0 Å². The topological polar surface area (TPSA) is 58.6 Å². The van der Waals surface area contributed by atoms with Gasteiger partial charge in [-0.2, -0.15) is 0 Å². The Bertz CT molecular complexity index is 435. The highest BCUT2D eigenvalue weighted by Crippen LogP contribution is 2.47. The van der Waals surface area contributed by atoms with Gasteiger partial charge in [-0.15, -0.1) is 0 Å². The van der Waals surface area contributed by atoms with Crippen molar-refractivity contribution >= 4 is 17.5 Å². The fourth-order valence-corrected chi connectivity index (χ4v) is 2.37. The van der Waals surface area contributed by atoms with E-state index in [4.69, 9.17) is 21.4 Å². The molecule has 0 spiro atoms. The zero-order valence-corrected chi connectivity index (χ0v) is 12.1. The molecule has 0 aromatic heterocycles. The van der Waals surface area contributed by atoms with Gasteiger partial charge in [0.05, 0.1) is 13.2 Å². The first-order chi connectivity index (χ1) is 9.72. The first kappa shape index (κ1) is 15.3. The number of amides is 1. The summed E-state index contributed by atoms with van der Waals surface area (Å²) in [6.07, 6.45) is 1.68. The summed E-state index contributed by atoms with van der Waals surface area (Å²) < 4.78 is 5.13. The van der Waals surface area contributed by atoms with Crippen LogP contribution in [0.25, 0.3) is 0 Å². The van der Waals surface area contributed by atoms with Gasteiger partial charge in [-0.3, -0.25) is 4.79 Å². The van der Waals surface area contributed by atoms with Crippen LogP contribution >= 0.6 is 11.6 Å². The molecule has 1 aliphatic rings. The number of aliphatic hydroxyl groups is 1. The molecule has 1 aromatic rings. The van der Waals surface area contributed by atoms with E-state index >= 15 is 0 Å². The Morgan fingerprint density at radius 2 is 2.10 bits per heavy atom. The summed E-state index contributed by atoms with van der Waals surface area (Å²) in [5, 5.41) is 12.2. The smallest absolute Gasteiger partial charge is 0.223 e. The summed E-state index contributed by atoms with van der Waals surface area (Å²) in [5.74, 6) is 0.541. The molecule has 2 N–H and O–H groups in total. The molecule has 0 bridgehead atoms. The van der Waals surface area contributed by atoms with Crippen molar-refractivity contribution in [2.75, 3.05) is 26.4 Å². The van der Waals surface area contributed by atoms with Gasteiger partial charge in [0.25, 0.3) is 0 Å². The van der Waals surface area contributed by atoms with Crippen molar-refractivity contribution in [1.29, 1.82) is 0 Å². The molecule has 5 heteroatoms. The summed E-state index contributed by atoms with van der Waals surface area (Å²) in [7, 11) is 0. The largest absolute Gasteiger partial charge is 0.394 e. The normalized spacial score (nSPS) is 20.7. The fraction of sp³-hybridized carbons (Fsp3) is 0.533. The van der Waals surface area contributed by atoms with Crippen LogP contribution in [0.3, 0.4) is 0 Å². The van der Waals surface area contributed by atoms with E-state index in [-0.39, 0.29) is 18.4 Å². The van der Waals surface area contributed by atoms with Crippen molar-refractivity contribution in [3.05, 3.63) is 34.9 Å². The van der Waals surface area contributed by atoms with Crippen molar-refractivity contribution in [2.45, 2.75) is 18.8 Å². The highest BCUT2D eigenvalue weighted by molar-refractivity contribution is 6.30. The third-order valence-electron chi connectivity index (χ3n) is 3.43. The number of carbonyl (C=O) groups is 1. The Hall–Kier alpha value is -1.10. The number of carbonyl (C=O) groups excluding carboxylic acids is 1. The van der Waals surface area contributed by atoms with E-state index in [2.05, 4.69) is 5.32 Å². The summed E-state index contributed by atoms with van der Waals surface area (Å²) in [4.78, 5) is 11.9. The summed E-state index contributed by atoms with van der Waals surface area (Å²) in [6.45, 7) is 1.58. The number of hydrogen-bond acceptors (Lipinski definition) is 3. The van der Waals surface area contributed by atoms with Crippen LogP contribution in [0.1, 0.15) is 24.3 Å². The fourth-order valence-electron chi connectivity index (χ4n) is 2.25. The minimum Gasteiger partial charge on any atom is -0.394 e. The molecule has 1 saturated carbocycles. The standard InChI is InChI=1S/C15H20ClNO3/c16-12-4-2-11(3-5-12)13-10-14(13)15(19)17-6-1-8-20-9-7-18/h2-5,13-14,18H,1,6-10H2,(H,17,19). The van der Waals surface area contributed by atoms with Gasteiger partial charge in [0.2, 0.25) is 5.91 Å². The maximum absolute atomic E-state index is 11.9. The Morgan fingerprint density at radius 1 is 1.35 bits per heavy atom. The maximum Gasteiger partial charge on any atom is 0.223 e. The predicted octanol–water partition coefficient (Wildman–Crippen LogP) is 1.96. The highest BCUT2D eigenvalue weighted by Gasteiger charge is 2.43. The molecule has 1 aromatic carbocycles. The molecule has 110 valence electrons. The monoisotopic (exact) mass is 297 g/mol. The molecule has 0 radical (unpaired) electrons. The van der Waals surface area contributed by atoms with Gasteiger partial charge in [0.1, 0.15) is 0 Å². The molecule has 1 amide bonds. The first-order valence-electron chi connectivity index (χ1n) is 6.94. The van der Waals surface area contributed by atoms with Crippen molar-refractivity contribution < 1.29 is 14.6 Å². The molecule has 0 heterocycles. The summed E-state index contributed by atoms with van der Waals surface area (Å²) in [5.41, 5.74) is 1.18. The third kappa shape index (κ3) is 4.47. The lowest BCUT2D eigenvalue weighted by Gasteiger charge is -2.05. The van der Waals surface area contributed by atoms with Crippen molar-refractivity contribution in [1.82, 2.24) is 5.32 Å². The number of nitrogens with one attached hydrogen (secondary N) is 1. The SMILES string of the molecule is O=C(NCCCOCCO)C1CC1c1ccc(Cl)cc1. The van der Waals surface area contributed by atoms with Gasteiger partial charge in [-0.1, -0.05) is 23.7 Å². The van der Waals surface area contributed by atoms with E-state index < -0.39 is 0 Å². The van der Waals surface area contributed by atoms with Crippen molar-refractivity contribution in [2.24, 2.45) is 5.92 Å². The molecule has 0 aliphatic heterocycles. The Balaban J connectivity index is 1.64. The Morgan fingerprint density at radius 3 is 2.80 bits per heavy atom. The lowest BCUT2D eigenvalue weighted by Crippen LogP contribution is -2.27. The minimum atomic E-state index is 0.0389. The molecule has 2 unspecified atom stereocenters. The first-order valence-corrected chi connectivity index (χ1v) is 7.32. The van der Waals surface area contributed by atoms with Gasteiger partial charge < -0.3 is 15.2 Å². The number of rotatable bonds is 8. The molecule has 20 heavy (non-hydrogen) atoms. The van der Waals surface area contributed by atoms with E-state index in [1.807, 2.05) is 24.3 Å². The van der Waals surface area contributed by atoms with Crippen molar-refractivity contribution in [3.8, 4) is 0 Å². The number of hydrogen-bond donors (Lipinski definition) is 2. The lowest BCUT2D eigenvalue weighted by molar-refractivity contribution is -0.122. The number of ether oxygens (including phenoxy) is 1. The van der Waals surface area contributed by atoms with E-state index in [1.54, 1.807) is 0 Å². The van der Waals surface area contributed by atoms with E-state index in [9.17, 15) is 4.79 Å². The maximum atomic E-state index is 11.9. The minimum absolute atomic E-state index is 0.0389. The van der Waals surface area contributed by atoms with E-state index in [0.29, 0.717) is 25.7 Å². The van der Waals surface area contributed by atoms with Crippen LogP contribution in [-0.2, 0) is 9.53 Å². The summed E-state index contributed by atoms with van der Waals surface area (Å²) >= 11 is 5.85. The van der Waals surface area contributed by atoms with Gasteiger partial charge in [-0.05, 0) is 36.5 Å². The second kappa shape index (κ2) is 7.62. The van der Waals surface area contributed by atoms with E-state index in [1.165, 1.54) is 5.56 Å². The molecule has 1 aliphatic carbocycles. The van der Waals surface area contributed by atoms with Crippen LogP contribution in [0.5, 0.6) is 0 Å². The average Bonchev–Trinajstić information content (AvgIpc) is 3.24. The van der Waals surface area contributed by atoms with Crippen LogP contribution in [0, 0.1) is 5.92 Å². The zero-order valence-electron chi connectivity index (χ0n) is 11.3. The Labute approximate surface area is 124 Å². The number of halogens is 1. The van der Waals surface area contributed by atoms with Crippen LogP contribution in [0.15, 0.2) is 24.3 Å². The van der Waals surface area contributed by atoms with Gasteiger partial charge in [-0.25, -0.2) is 0 Å². The van der Waals surface area contributed by atoms with Gasteiger partial charge in [0, 0.05) is 24.1 Å². The van der Waals surface area contributed by atoms with Crippen LogP contribution in [0.2, 0.25) is 5.02 Å². The summed E-state index contributed by atoms with van der Waals surface area (Å²) in [6, 6.07) is 7.71. The van der Waals surface area contributed by atoms with Gasteiger partial charge in [0.15, 0.2) is 0 Å². The molecule has 2 rings (SSSR count). The number of benzene rings is 1. The highest BCUT2D eigenvalue weighted by atomic mass is 35.5. The molecular formula is C15H20ClNO3. The van der Waals surface area contributed by atoms with Crippen molar-refractivity contribution in [3.63, 3.8) is 0 Å². The second-order valence-electron chi connectivity index (χ2n) is 4.98. The molecule has 2 atom stereocenters. The molecule has 4 nitrogen and oxygen atoms in total. The average molecular weight is 298 g/mol. The van der Waals surface area contributed by atoms with E-state index in [0.717, 1.165) is 17.9 Å². The van der Waals surface area contributed by atoms with Crippen LogP contribution in [-0.4, -0.2) is 37.4 Å². The Kier molecular flexibility index (Phi) is 5.83. The predicted molar refractivity (Wildman–Crippen MR) is 77.8 cm³/mol. The zero-order chi connectivity index (χ0) is 14.4. The molecule has 0 saturated heterocycles. The number of aliphatic hydroxyl groups excluding tert-OH is 1. The quantitative estimate of drug-likeness (QED) is 0.721. The van der Waals surface area contributed by atoms with Crippen LogP contribution < -0.4 is 5.32 Å². The molecule has 1 fully saturated rings. The molecular weight excluding hydrogens is 278 g/mol. The van der Waals surface area contributed by atoms with Gasteiger partial charge >= 0.3 is 0 Å². The lowest BCUT2D eigenvalue weighted by atomic mass is 10.1.